The van der Waals surface area contributed by atoms with Gasteiger partial charge < -0.3 is 10.2 Å². The third-order valence-electron chi connectivity index (χ3n) is 3.06. The molecular formula is C14H24FN3. The predicted octanol–water partition coefficient (Wildman–Crippen LogP) is 2.60. The predicted molar refractivity (Wildman–Crippen MR) is 73.0 cm³/mol. The topological polar surface area (TPSA) is 28.2 Å². The molecule has 0 spiro atoms. The van der Waals surface area contributed by atoms with E-state index in [4.69, 9.17) is 0 Å². The van der Waals surface area contributed by atoms with Crippen LogP contribution in [0.25, 0.3) is 0 Å². The van der Waals surface area contributed by atoms with Crippen LogP contribution < -0.4 is 5.32 Å². The van der Waals surface area contributed by atoms with Gasteiger partial charge >= 0.3 is 0 Å². The number of likely N-dealkylation sites (N-methyl/N-ethyl adjacent to an activating group) is 1. The van der Waals surface area contributed by atoms with Crippen molar-refractivity contribution >= 4 is 0 Å². The van der Waals surface area contributed by atoms with Gasteiger partial charge in [-0.05, 0) is 38.6 Å². The maximum Gasteiger partial charge on any atom is 0.141 e. The maximum atomic E-state index is 12.7. The van der Waals surface area contributed by atoms with Crippen LogP contribution in [0.5, 0.6) is 0 Å². The molecule has 0 aliphatic heterocycles. The minimum Gasteiger partial charge on any atom is -0.308 e. The number of halogens is 1. The van der Waals surface area contributed by atoms with Crippen molar-refractivity contribution in [1.82, 2.24) is 15.2 Å². The van der Waals surface area contributed by atoms with E-state index in [1.54, 1.807) is 6.07 Å². The second-order valence-electron chi connectivity index (χ2n) is 4.51. The number of pyridine rings is 1. The Morgan fingerprint density at radius 2 is 2.11 bits per heavy atom. The number of hydrogen-bond donors (Lipinski definition) is 1. The van der Waals surface area contributed by atoms with E-state index in [9.17, 15) is 4.39 Å². The van der Waals surface area contributed by atoms with Crippen LogP contribution >= 0.6 is 0 Å². The standard InChI is InChI=1S/C14H24FN3/c1-4-9-18(5-2)10-8-16-12(3)14-7-6-13(15)11-17-14/h6-7,11-12,16H,4-5,8-10H2,1-3H3. The monoisotopic (exact) mass is 253 g/mol. The van der Waals surface area contributed by atoms with Crippen LogP contribution in [0.2, 0.25) is 0 Å². The first kappa shape index (κ1) is 15.1. The molecule has 0 aromatic carbocycles. The van der Waals surface area contributed by atoms with E-state index in [1.165, 1.54) is 18.7 Å². The lowest BCUT2D eigenvalue weighted by Crippen LogP contribution is -2.33. The van der Waals surface area contributed by atoms with Crippen LogP contribution in [0, 0.1) is 5.82 Å². The Kier molecular flexibility index (Phi) is 6.83. The van der Waals surface area contributed by atoms with Gasteiger partial charge in [-0.15, -0.1) is 0 Å². The molecule has 0 aliphatic rings. The molecule has 4 heteroatoms. The Morgan fingerprint density at radius 3 is 2.67 bits per heavy atom. The number of hydrogen-bond acceptors (Lipinski definition) is 3. The lowest BCUT2D eigenvalue weighted by molar-refractivity contribution is 0.283. The van der Waals surface area contributed by atoms with Crippen molar-refractivity contribution in [1.29, 1.82) is 0 Å². The first-order valence-corrected chi connectivity index (χ1v) is 6.74. The van der Waals surface area contributed by atoms with Crippen LogP contribution in [0.15, 0.2) is 18.3 Å². The van der Waals surface area contributed by atoms with Crippen molar-refractivity contribution in [3.63, 3.8) is 0 Å². The van der Waals surface area contributed by atoms with E-state index >= 15 is 0 Å². The Balaban J connectivity index is 2.32. The largest absolute Gasteiger partial charge is 0.308 e. The summed E-state index contributed by atoms with van der Waals surface area (Å²) < 4.78 is 12.7. The third-order valence-corrected chi connectivity index (χ3v) is 3.06. The highest BCUT2D eigenvalue weighted by atomic mass is 19.1. The first-order chi connectivity index (χ1) is 8.67. The summed E-state index contributed by atoms with van der Waals surface area (Å²) in [6.07, 6.45) is 2.45. The molecule has 0 bridgehead atoms. The van der Waals surface area contributed by atoms with Crippen LogP contribution in [0.4, 0.5) is 4.39 Å². The van der Waals surface area contributed by atoms with E-state index in [1.807, 2.05) is 0 Å². The Morgan fingerprint density at radius 1 is 1.33 bits per heavy atom. The summed E-state index contributed by atoms with van der Waals surface area (Å²) in [5, 5.41) is 3.41. The quantitative estimate of drug-likeness (QED) is 0.772. The van der Waals surface area contributed by atoms with Gasteiger partial charge in [0.15, 0.2) is 0 Å². The molecular weight excluding hydrogens is 229 g/mol. The lowest BCUT2D eigenvalue weighted by Gasteiger charge is -2.21. The molecule has 0 saturated heterocycles. The smallest absolute Gasteiger partial charge is 0.141 e. The molecule has 1 atom stereocenters. The van der Waals surface area contributed by atoms with Crippen molar-refractivity contribution in [3.05, 3.63) is 29.8 Å². The second-order valence-corrected chi connectivity index (χ2v) is 4.51. The summed E-state index contributed by atoms with van der Waals surface area (Å²) in [5.41, 5.74) is 0.884. The molecule has 1 aromatic heterocycles. The summed E-state index contributed by atoms with van der Waals surface area (Å²) >= 11 is 0. The number of rotatable bonds is 8. The fourth-order valence-corrected chi connectivity index (χ4v) is 1.93. The molecule has 0 fully saturated rings. The van der Waals surface area contributed by atoms with Crippen LogP contribution in [0.1, 0.15) is 38.9 Å². The number of aromatic nitrogens is 1. The van der Waals surface area contributed by atoms with Crippen LogP contribution in [-0.2, 0) is 0 Å². The average molecular weight is 253 g/mol. The van der Waals surface area contributed by atoms with Gasteiger partial charge in [-0.3, -0.25) is 4.98 Å². The fraction of sp³-hybridized carbons (Fsp3) is 0.643. The Hall–Kier alpha value is -1.00. The van der Waals surface area contributed by atoms with Crippen LogP contribution in [0.3, 0.4) is 0 Å². The Bertz CT molecular complexity index is 326. The van der Waals surface area contributed by atoms with E-state index in [0.29, 0.717) is 0 Å². The van der Waals surface area contributed by atoms with E-state index in [2.05, 4.69) is 36.0 Å². The molecule has 18 heavy (non-hydrogen) atoms. The fourth-order valence-electron chi connectivity index (χ4n) is 1.93. The van der Waals surface area contributed by atoms with E-state index in [-0.39, 0.29) is 11.9 Å². The normalized spacial score (nSPS) is 12.9. The van der Waals surface area contributed by atoms with Gasteiger partial charge in [0.1, 0.15) is 5.82 Å². The van der Waals surface area contributed by atoms with Gasteiger partial charge in [0, 0.05) is 19.1 Å². The molecule has 1 rings (SSSR count). The SMILES string of the molecule is CCCN(CC)CCNC(C)c1ccc(F)cn1. The zero-order valence-corrected chi connectivity index (χ0v) is 11.6. The molecule has 0 saturated carbocycles. The van der Waals surface area contributed by atoms with Gasteiger partial charge in [-0.2, -0.15) is 0 Å². The molecule has 1 unspecified atom stereocenters. The van der Waals surface area contributed by atoms with Crippen molar-refractivity contribution in [2.24, 2.45) is 0 Å². The first-order valence-electron chi connectivity index (χ1n) is 6.74. The highest BCUT2D eigenvalue weighted by Gasteiger charge is 2.07. The number of nitrogens with one attached hydrogen (secondary N) is 1. The van der Waals surface area contributed by atoms with E-state index in [0.717, 1.165) is 31.9 Å². The van der Waals surface area contributed by atoms with Gasteiger partial charge in [0.25, 0.3) is 0 Å². The molecule has 0 radical (unpaired) electrons. The summed E-state index contributed by atoms with van der Waals surface area (Å²) in [6.45, 7) is 10.6. The van der Waals surface area contributed by atoms with E-state index < -0.39 is 0 Å². The highest BCUT2D eigenvalue weighted by Crippen LogP contribution is 2.08. The summed E-state index contributed by atoms with van der Waals surface area (Å²) in [7, 11) is 0. The number of nitrogens with zero attached hydrogens (tertiary/aromatic N) is 2. The average Bonchev–Trinajstić information content (AvgIpc) is 2.38. The summed E-state index contributed by atoms with van der Waals surface area (Å²) in [6, 6.07) is 3.35. The summed E-state index contributed by atoms with van der Waals surface area (Å²) in [4.78, 5) is 6.50. The van der Waals surface area contributed by atoms with Crippen molar-refractivity contribution in [2.45, 2.75) is 33.2 Å². The lowest BCUT2D eigenvalue weighted by atomic mass is 10.2. The van der Waals surface area contributed by atoms with Gasteiger partial charge in [0.2, 0.25) is 0 Å². The van der Waals surface area contributed by atoms with Gasteiger partial charge in [-0.1, -0.05) is 13.8 Å². The van der Waals surface area contributed by atoms with Crippen molar-refractivity contribution < 1.29 is 4.39 Å². The van der Waals surface area contributed by atoms with Gasteiger partial charge in [0.05, 0.1) is 11.9 Å². The zero-order chi connectivity index (χ0) is 13.4. The molecule has 0 aliphatic carbocycles. The Labute approximate surface area is 109 Å². The summed E-state index contributed by atoms with van der Waals surface area (Å²) in [5.74, 6) is -0.286. The molecule has 3 nitrogen and oxygen atoms in total. The zero-order valence-electron chi connectivity index (χ0n) is 11.6. The molecule has 102 valence electrons. The van der Waals surface area contributed by atoms with Crippen LogP contribution in [-0.4, -0.2) is 36.1 Å². The van der Waals surface area contributed by atoms with Crippen molar-refractivity contribution in [2.75, 3.05) is 26.2 Å². The van der Waals surface area contributed by atoms with Gasteiger partial charge in [-0.25, -0.2) is 4.39 Å². The third kappa shape index (κ3) is 5.10. The minimum atomic E-state index is -0.286. The maximum absolute atomic E-state index is 12.7. The minimum absolute atomic E-state index is 0.158. The molecule has 0 amide bonds. The highest BCUT2D eigenvalue weighted by molar-refractivity contribution is 5.08. The molecule has 1 N–H and O–H groups in total. The molecule has 1 aromatic rings. The van der Waals surface area contributed by atoms with Crippen molar-refractivity contribution in [3.8, 4) is 0 Å². The molecule has 1 heterocycles. The second kappa shape index (κ2) is 8.16.